The monoisotopic (exact) mass is 209 g/mol. The van der Waals surface area contributed by atoms with Crippen LogP contribution in [0.15, 0.2) is 0 Å². The van der Waals surface area contributed by atoms with Crippen molar-refractivity contribution >= 4 is 16.5 Å². The molecule has 0 aromatic carbocycles. The predicted octanol–water partition coefficient (Wildman–Crippen LogP) is 2.30. The predicted molar refractivity (Wildman–Crippen MR) is 57.5 cm³/mol. The van der Waals surface area contributed by atoms with E-state index in [0.29, 0.717) is 0 Å². The van der Waals surface area contributed by atoms with Crippen molar-refractivity contribution in [3.63, 3.8) is 0 Å². The van der Waals surface area contributed by atoms with Gasteiger partial charge in [-0.2, -0.15) is 0 Å². The molecule has 2 unspecified atom stereocenters. The lowest BCUT2D eigenvalue weighted by Gasteiger charge is -1.99. The second-order valence-corrected chi connectivity index (χ2v) is 5.69. The Morgan fingerprint density at radius 1 is 1.43 bits per heavy atom. The summed E-state index contributed by atoms with van der Waals surface area (Å²) in [6, 6.07) is 0. The zero-order valence-corrected chi connectivity index (χ0v) is 9.18. The highest BCUT2D eigenvalue weighted by Crippen LogP contribution is 2.54. The molecule has 1 heterocycles. The van der Waals surface area contributed by atoms with Crippen molar-refractivity contribution in [2.24, 2.45) is 17.8 Å². The van der Waals surface area contributed by atoms with Crippen molar-refractivity contribution in [1.82, 2.24) is 10.2 Å². The molecule has 2 atom stereocenters. The van der Waals surface area contributed by atoms with Crippen LogP contribution in [-0.2, 0) is 0 Å². The Morgan fingerprint density at radius 3 is 2.93 bits per heavy atom. The number of nitrogens with zero attached hydrogens (tertiary/aromatic N) is 2. The van der Waals surface area contributed by atoms with Gasteiger partial charge in [0.1, 0.15) is 5.01 Å². The van der Waals surface area contributed by atoms with Gasteiger partial charge < -0.3 is 5.32 Å². The quantitative estimate of drug-likeness (QED) is 0.827. The second kappa shape index (κ2) is 3.19. The summed E-state index contributed by atoms with van der Waals surface area (Å²) in [5.41, 5.74) is 0. The topological polar surface area (TPSA) is 37.8 Å². The van der Waals surface area contributed by atoms with Crippen LogP contribution in [0.1, 0.15) is 24.3 Å². The van der Waals surface area contributed by atoms with Gasteiger partial charge in [-0.05, 0) is 43.9 Å². The summed E-state index contributed by atoms with van der Waals surface area (Å²) >= 11 is 1.65. The van der Waals surface area contributed by atoms with Gasteiger partial charge in [0.05, 0.1) is 0 Å². The molecule has 2 aliphatic carbocycles. The third-order valence-electron chi connectivity index (χ3n) is 3.25. The second-order valence-electron chi connectivity index (χ2n) is 4.50. The molecule has 0 aliphatic heterocycles. The van der Waals surface area contributed by atoms with E-state index in [1.807, 2.05) is 6.92 Å². The molecule has 1 N–H and O–H groups in total. The van der Waals surface area contributed by atoms with Gasteiger partial charge in [-0.3, -0.25) is 0 Å². The fourth-order valence-corrected chi connectivity index (χ4v) is 2.79. The molecule has 76 valence electrons. The summed E-state index contributed by atoms with van der Waals surface area (Å²) < 4.78 is 0. The van der Waals surface area contributed by atoms with Crippen LogP contribution >= 0.6 is 11.3 Å². The van der Waals surface area contributed by atoms with Gasteiger partial charge in [0.15, 0.2) is 0 Å². The van der Waals surface area contributed by atoms with Crippen molar-refractivity contribution < 1.29 is 0 Å². The zero-order chi connectivity index (χ0) is 9.54. The lowest BCUT2D eigenvalue weighted by Crippen LogP contribution is -2.04. The first-order chi connectivity index (χ1) is 6.83. The minimum atomic E-state index is 0.923. The molecule has 1 aromatic heterocycles. The molecule has 0 bridgehead atoms. The summed E-state index contributed by atoms with van der Waals surface area (Å²) in [6.45, 7) is 3.10. The molecule has 0 saturated heterocycles. The normalized spacial score (nSPS) is 30.4. The van der Waals surface area contributed by atoms with Crippen molar-refractivity contribution in [3.05, 3.63) is 5.01 Å². The van der Waals surface area contributed by atoms with Gasteiger partial charge >= 0.3 is 0 Å². The van der Waals surface area contributed by atoms with Crippen molar-refractivity contribution in [3.8, 4) is 0 Å². The molecule has 2 saturated carbocycles. The van der Waals surface area contributed by atoms with Crippen molar-refractivity contribution in [2.45, 2.75) is 26.2 Å². The maximum absolute atomic E-state index is 4.06. The first-order valence-electron chi connectivity index (χ1n) is 5.37. The minimum Gasteiger partial charge on any atom is -0.360 e. The maximum atomic E-state index is 4.06. The summed E-state index contributed by atoms with van der Waals surface area (Å²) in [5, 5.41) is 13.5. The molecular weight excluding hydrogens is 194 g/mol. The van der Waals surface area contributed by atoms with Gasteiger partial charge in [0.2, 0.25) is 5.13 Å². The maximum Gasteiger partial charge on any atom is 0.205 e. The van der Waals surface area contributed by atoms with Crippen molar-refractivity contribution in [2.75, 3.05) is 11.9 Å². The number of aryl methyl sites for hydroxylation is 1. The van der Waals surface area contributed by atoms with E-state index >= 15 is 0 Å². The van der Waals surface area contributed by atoms with E-state index in [4.69, 9.17) is 0 Å². The zero-order valence-electron chi connectivity index (χ0n) is 8.36. The van der Waals surface area contributed by atoms with Crippen LogP contribution in [0.4, 0.5) is 5.13 Å². The molecule has 0 amide bonds. The van der Waals surface area contributed by atoms with Gasteiger partial charge in [-0.25, -0.2) is 0 Å². The fourth-order valence-electron chi connectivity index (χ4n) is 2.19. The molecule has 3 rings (SSSR count). The lowest BCUT2D eigenvalue weighted by molar-refractivity contribution is 0.643. The number of anilines is 1. The number of hydrogen-bond donors (Lipinski definition) is 1. The Labute approximate surface area is 87.9 Å². The molecule has 0 spiro atoms. The van der Waals surface area contributed by atoms with Crippen LogP contribution in [-0.4, -0.2) is 16.7 Å². The lowest BCUT2D eigenvalue weighted by atomic mass is 10.2. The fraction of sp³-hybridized carbons (Fsp3) is 0.800. The van der Waals surface area contributed by atoms with Crippen LogP contribution in [0.3, 0.4) is 0 Å². The number of hydrogen-bond acceptors (Lipinski definition) is 4. The standard InChI is InChI=1S/C10H15N3S/c1-6-12-13-10(14-6)11-5-8-4-9(8)7-2-3-7/h7-9H,2-5H2,1H3,(H,11,13). The minimum absolute atomic E-state index is 0.923. The first kappa shape index (κ1) is 8.65. The van der Waals surface area contributed by atoms with E-state index in [2.05, 4.69) is 15.5 Å². The summed E-state index contributed by atoms with van der Waals surface area (Å²) in [4.78, 5) is 0. The van der Waals surface area contributed by atoms with Crippen molar-refractivity contribution in [1.29, 1.82) is 0 Å². The Kier molecular flexibility index (Phi) is 1.97. The van der Waals surface area contributed by atoms with E-state index in [0.717, 1.165) is 34.4 Å². The molecule has 3 nitrogen and oxygen atoms in total. The molecule has 4 heteroatoms. The Hall–Kier alpha value is -0.640. The van der Waals surface area contributed by atoms with Gasteiger partial charge in [-0.1, -0.05) is 11.3 Å². The highest BCUT2D eigenvalue weighted by atomic mass is 32.1. The number of aromatic nitrogens is 2. The van der Waals surface area contributed by atoms with Crippen LogP contribution in [0.25, 0.3) is 0 Å². The molecule has 14 heavy (non-hydrogen) atoms. The van der Waals surface area contributed by atoms with E-state index in [1.165, 1.54) is 19.3 Å². The van der Waals surface area contributed by atoms with E-state index < -0.39 is 0 Å². The van der Waals surface area contributed by atoms with E-state index in [-0.39, 0.29) is 0 Å². The smallest absolute Gasteiger partial charge is 0.205 e. The molecule has 0 radical (unpaired) electrons. The third-order valence-corrected chi connectivity index (χ3v) is 4.04. The van der Waals surface area contributed by atoms with Crippen LogP contribution in [0, 0.1) is 24.7 Å². The summed E-state index contributed by atoms with van der Waals surface area (Å²) in [5.74, 6) is 3.04. The highest BCUT2D eigenvalue weighted by molar-refractivity contribution is 7.15. The summed E-state index contributed by atoms with van der Waals surface area (Å²) in [7, 11) is 0. The van der Waals surface area contributed by atoms with Crippen LogP contribution in [0.2, 0.25) is 0 Å². The Balaban J connectivity index is 1.46. The number of rotatable bonds is 4. The van der Waals surface area contributed by atoms with Gasteiger partial charge in [0.25, 0.3) is 0 Å². The Bertz CT molecular complexity index is 332. The average Bonchev–Trinajstić information content (AvgIpc) is 3.03. The largest absolute Gasteiger partial charge is 0.360 e. The molecule has 1 aromatic rings. The third kappa shape index (κ3) is 1.75. The van der Waals surface area contributed by atoms with E-state index in [9.17, 15) is 0 Å². The summed E-state index contributed by atoms with van der Waals surface area (Å²) in [6.07, 6.45) is 4.41. The number of nitrogens with one attached hydrogen (secondary N) is 1. The molecule has 2 aliphatic rings. The Morgan fingerprint density at radius 2 is 2.29 bits per heavy atom. The van der Waals surface area contributed by atoms with Crippen LogP contribution in [0.5, 0.6) is 0 Å². The van der Waals surface area contributed by atoms with Gasteiger partial charge in [-0.15, -0.1) is 10.2 Å². The molecular formula is C10H15N3S. The average molecular weight is 209 g/mol. The molecule has 2 fully saturated rings. The van der Waals surface area contributed by atoms with Gasteiger partial charge in [0, 0.05) is 6.54 Å². The highest BCUT2D eigenvalue weighted by Gasteiger charge is 2.46. The van der Waals surface area contributed by atoms with Crippen LogP contribution < -0.4 is 5.32 Å². The SMILES string of the molecule is Cc1nnc(NCC2CC2C2CC2)s1. The van der Waals surface area contributed by atoms with E-state index in [1.54, 1.807) is 11.3 Å². The first-order valence-corrected chi connectivity index (χ1v) is 6.18.